The lowest BCUT2D eigenvalue weighted by atomic mass is 10.1. The summed E-state index contributed by atoms with van der Waals surface area (Å²) < 4.78 is 30.8. The van der Waals surface area contributed by atoms with Crippen molar-refractivity contribution in [3.05, 3.63) is 34.4 Å². The van der Waals surface area contributed by atoms with Crippen LogP contribution in [-0.4, -0.2) is 6.61 Å². The summed E-state index contributed by atoms with van der Waals surface area (Å²) in [5, 5.41) is -0.0677. The highest BCUT2D eigenvalue weighted by atomic mass is 35.5. The van der Waals surface area contributed by atoms with Crippen molar-refractivity contribution in [2.45, 2.75) is 6.10 Å². The van der Waals surface area contributed by atoms with Crippen molar-refractivity contribution in [3.8, 4) is 0 Å². The fraction of sp³-hybridized carbons (Fsp3) is 0.250. The molecule has 1 aromatic rings. The Kier molecular flexibility index (Phi) is 1.77. The first-order valence-electron chi connectivity index (χ1n) is 3.45. The van der Waals surface area contributed by atoms with E-state index in [1.54, 1.807) is 0 Å². The smallest absolute Gasteiger partial charge is 0.150 e. The van der Waals surface area contributed by atoms with Gasteiger partial charge in [0.05, 0.1) is 17.2 Å². The van der Waals surface area contributed by atoms with Gasteiger partial charge in [-0.05, 0) is 12.1 Å². The third kappa shape index (κ3) is 1.19. The highest BCUT2D eigenvalue weighted by molar-refractivity contribution is 6.30. The number of halogens is 3. The van der Waals surface area contributed by atoms with Gasteiger partial charge in [0.2, 0.25) is 0 Å². The van der Waals surface area contributed by atoms with Crippen LogP contribution in [0.3, 0.4) is 0 Å². The molecule has 64 valence electrons. The van der Waals surface area contributed by atoms with Crippen molar-refractivity contribution in [3.63, 3.8) is 0 Å². The van der Waals surface area contributed by atoms with Gasteiger partial charge >= 0.3 is 0 Å². The van der Waals surface area contributed by atoms with Crippen LogP contribution in [0.15, 0.2) is 12.1 Å². The van der Waals surface area contributed by atoms with E-state index in [0.29, 0.717) is 6.61 Å². The average molecular weight is 191 g/mol. The predicted molar refractivity (Wildman–Crippen MR) is 40.1 cm³/mol. The van der Waals surface area contributed by atoms with Crippen molar-refractivity contribution in [2.75, 3.05) is 6.61 Å². The number of rotatable bonds is 1. The Morgan fingerprint density at radius 1 is 1.42 bits per heavy atom. The predicted octanol–water partition coefficient (Wildman–Crippen LogP) is 2.69. The van der Waals surface area contributed by atoms with Crippen LogP contribution < -0.4 is 0 Å². The van der Waals surface area contributed by atoms with Crippen LogP contribution in [0.2, 0.25) is 5.02 Å². The Bertz CT molecular complexity index is 323. The second-order valence-corrected chi connectivity index (χ2v) is 2.99. The van der Waals surface area contributed by atoms with Gasteiger partial charge in [-0.15, -0.1) is 0 Å². The van der Waals surface area contributed by atoms with E-state index in [0.717, 1.165) is 6.07 Å². The number of epoxide rings is 1. The van der Waals surface area contributed by atoms with E-state index in [2.05, 4.69) is 0 Å². The molecule has 4 heteroatoms. The maximum atomic E-state index is 13.1. The van der Waals surface area contributed by atoms with Crippen molar-refractivity contribution in [1.29, 1.82) is 0 Å². The fourth-order valence-corrected chi connectivity index (χ4v) is 1.22. The molecule has 0 N–H and O–H groups in total. The largest absolute Gasteiger partial charge is 0.368 e. The van der Waals surface area contributed by atoms with Crippen molar-refractivity contribution < 1.29 is 13.5 Å². The molecule has 0 spiro atoms. The standard InChI is InChI=1S/C8H5ClF2O/c9-4-1-2-5(10)7(8(4)11)6-3-12-6/h1-2,6H,3H2/t6-/m1/s1. The summed E-state index contributed by atoms with van der Waals surface area (Å²) in [5.74, 6) is -1.31. The molecule has 0 amide bonds. The second-order valence-electron chi connectivity index (χ2n) is 2.58. The Hall–Kier alpha value is -0.670. The highest BCUT2D eigenvalue weighted by Gasteiger charge is 2.31. The zero-order valence-corrected chi connectivity index (χ0v) is 6.74. The minimum atomic E-state index is -0.709. The van der Waals surface area contributed by atoms with Gasteiger partial charge in [-0.25, -0.2) is 8.78 Å². The minimum absolute atomic E-state index is 0.0532. The van der Waals surface area contributed by atoms with Gasteiger partial charge < -0.3 is 4.74 Å². The van der Waals surface area contributed by atoms with Gasteiger partial charge in [0.1, 0.15) is 11.9 Å². The van der Waals surface area contributed by atoms with Crippen LogP contribution in [0.5, 0.6) is 0 Å². The van der Waals surface area contributed by atoms with E-state index in [-0.39, 0.29) is 10.6 Å². The first kappa shape index (κ1) is 7.95. The molecule has 0 bridgehead atoms. The van der Waals surface area contributed by atoms with E-state index in [9.17, 15) is 8.78 Å². The summed E-state index contributed by atoms with van der Waals surface area (Å²) >= 11 is 5.46. The lowest BCUT2D eigenvalue weighted by molar-refractivity contribution is 0.398. The van der Waals surface area contributed by atoms with E-state index in [1.165, 1.54) is 6.07 Å². The summed E-state index contributed by atoms with van der Waals surface area (Å²) in [6, 6.07) is 2.33. The van der Waals surface area contributed by atoms with Crippen LogP contribution in [0, 0.1) is 11.6 Å². The van der Waals surface area contributed by atoms with Gasteiger partial charge in [0, 0.05) is 0 Å². The Balaban J connectivity index is 2.55. The summed E-state index contributed by atoms with van der Waals surface area (Å²) in [6.07, 6.45) is -0.441. The van der Waals surface area contributed by atoms with Crippen LogP contribution in [0.25, 0.3) is 0 Å². The van der Waals surface area contributed by atoms with Crippen molar-refractivity contribution >= 4 is 11.6 Å². The number of ether oxygens (including phenoxy) is 1. The quantitative estimate of drug-likeness (QED) is 0.490. The van der Waals surface area contributed by atoms with Gasteiger partial charge in [0.25, 0.3) is 0 Å². The molecule has 12 heavy (non-hydrogen) atoms. The summed E-state index contributed by atoms with van der Waals surface area (Å²) in [7, 11) is 0. The summed E-state index contributed by atoms with van der Waals surface area (Å²) in [4.78, 5) is 0. The topological polar surface area (TPSA) is 12.5 Å². The molecule has 1 atom stereocenters. The van der Waals surface area contributed by atoms with E-state index in [4.69, 9.17) is 16.3 Å². The average Bonchev–Trinajstić information content (AvgIpc) is 2.81. The normalized spacial score (nSPS) is 21.1. The van der Waals surface area contributed by atoms with Crippen molar-refractivity contribution in [2.24, 2.45) is 0 Å². The van der Waals surface area contributed by atoms with E-state index < -0.39 is 17.7 Å². The minimum Gasteiger partial charge on any atom is -0.368 e. The molecule has 2 rings (SSSR count). The van der Waals surface area contributed by atoms with Gasteiger partial charge in [0.15, 0.2) is 5.82 Å². The number of benzene rings is 1. The van der Waals surface area contributed by atoms with Crippen molar-refractivity contribution in [1.82, 2.24) is 0 Å². The molecule has 1 nitrogen and oxygen atoms in total. The molecule has 1 aliphatic heterocycles. The third-order valence-corrected chi connectivity index (χ3v) is 2.03. The fourth-order valence-electron chi connectivity index (χ4n) is 1.05. The zero-order chi connectivity index (χ0) is 8.72. The lowest BCUT2D eigenvalue weighted by Crippen LogP contribution is -1.94. The monoisotopic (exact) mass is 190 g/mol. The Morgan fingerprint density at radius 2 is 2.08 bits per heavy atom. The van der Waals surface area contributed by atoms with Crippen LogP contribution in [0.1, 0.15) is 11.7 Å². The number of hydrogen-bond donors (Lipinski definition) is 0. The molecule has 0 aromatic heterocycles. The molecule has 1 aliphatic rings. The SMILES string of the molecule is Fc1ccc(Cl)c(F)c1[C@H]1CO1. The molecule has 0 aliphatic carbocycles. The molecule has 1 saturated heterocycles. The molecule has 1 heterocycles. The molecule has 1 aromatic carbocycles. The summed E-state index contributed by atoms with van der Waals surface area (Å²) in [5.41, 5.74) is -0.0532. The second kappa shape index (κ2) is 2.68. The van der Waals surface area contributed by atoms with Crippen LogP contribution >= 0.6 is 11.6 Å². The molecule has 0 unspecified atom stereocenters. The van der Waals surface area contributed by atoms with Crippen LogP contribution in [0.4, 0.5) is 8.78 Å². The molecular formula is C8H5ClF2O. The maximum Gasteiger partial charge on any atom is 0.150 e. The summed E-state index contributed by atoms with van der Waals surface area (Å²) in [6.45, 7) is 0.369. The molecule has 0 radical (unpaired) electrons. The molecule has 1 fully saturated rings. The number of hydrogen-bond acceptors (Lipinski definition) is 1. The first-order chi connectivity index (χ1) is 5.70. The molecular weight excluding hydrogens is 186 g/mol. The van der Waals surface area contributed by atoms with Crippen LogP contribution in [-0.2, 0) is 4.74 Å². The first-order valence-corrected chi connectivity index (χ1v) is 3.83. The Labute approximate surface area is 72.9 Å². The van der Waals surface area contributed by atoms with Gasteiger partial charge in [-0.3, -0.25) is 0 Å². The lowest BCUT2D eigenvalue weighted by Gasteiger charge is -2.01. The van der Waals surface area contributed by atoms with Gasteiger partial charge in [-0.2, -0.15) is 0 Å². The van der Waals surface area contributed by atoms with E-state index in [1.807, 2.05) is 0 Å². The van der Waals surface area contributed by atoms with Gasteiger partial charge in [-0.1, -0.05) is 11.6 Å². The Morgan fingerprint density at radius 3 is 2.67 bits per heavy atom. The van der Waals surface area contributed by atoms with E-state index >= 15 is 0 Å². The highest BCUT2D eigenvalue weighted by Crippen LogP contribution is 2.35. The maximum absolute atomic E-state index is 13.1. The third-order valence-electron chi connectivity index (χ3n) is 1.73. The molecule has 0 saturated carbocycles. The zero-order valence-electron chi connectivity index (χ0n) is 5.98.